The van der Waals surface area contributed by atoms with Crippen molar-refractivity contribution in [2.24, 2.45) is 0 Å². The summed E-state index contributed by atoms with van der Waals surface area (Å²) in [5.41, 5.74) is 2.92. The third kappa shape index (κ3) is 2.94. The fourth-order valence-corrected chi connectivity index (χ4v) is 2.82. The standard InChI is InChI=1S/C19H17NO4/c1-12(21)14-7-8-17-15(9-14)16(10-18(22)23)19(24)20(17)11-13-5-3-2-4-6-13/h2-10,12,21H,11H2,1H3,(H,22,23)/b16-10+. The van der Waals surface area contributed by atoms with Gasteiger partial charge in [-0.1, -0.05) is 36.4 Å². The van der Waals surface area contributed by atoms with Crippen LogP contribution in [0.25, 0.3) is 5.57 Å². The minimum Gasteiger partial charge on any atom is -0.478 e. The second-order valence-electron chi connectivity index (χ2n) is 5.73. The van der Waals surface area contributed by atoms with Crippen LogP contribution in [0.2, 0.25) is 0 Å². The number of rotatable bonds is 4. The molecule has 0 spiro atoms. The lowest BCUT2D eigenvalue weighted by Crippen LogP contribution is -2.25. The van der Waals surface area contributed by atoms with Crippen LogP contribution >= 0.6 is 0 Å². The van der Waals surface area contributed by atoms with Crippen molar-refractivity contribution in [3.05, 3.63) is 71.3 Å². The summed E-state index contributed by atoms with van der Waals surface area (Å²) in [7, 11) is 0. The van der Waals surface area contributed by atoms with Gasteiger partial charge in [-0.3, -0.25) is 4.79 Å². The third-order valence-corrected chi connectivity index (χ3v) is 4.01. The van der Waals surface area contributed by atoms with Crippen LogP contribution in [0.3, 0.4) is 0 Å². The summed E-state index contributed by atoms with van der Waals surface area (Å²) in [6.07, 6.45) is 0.234. The summed E-state index contributed by atoms with van der Waals surface area (Å²) in [4.78, 5) is 25.4. The number of nitrogens with zero attached hydrogens (tertiary/aromatic N) is 1. The number of aliphatic carboxylic acids is 1. The fourth-order valence-electron chi connectivity index (χ4n) is 2.82. The van der Waals surface area contributed by atoms with Gasteiger partial charge in [-0.05, 0) is 30.2 Å². The summed E-state index contributed by atoms with van der Waals surface area (Å²) < 4.78 is 0. The quantitative estimate of drug-likeness (QED) is 0.848. The molecule has 3 rings (SSSR count). The lowest BCUT2D eigenvalue weighted by atomic mass is 10.0. The highest BCUT2D eigenvalue weighted by Crippen LogP contribution is 2.39. The highest BCUT2D eigenvalue weighted by molar-refractivity contribution is 6.34. The normalized spacial score (nSPS) is 16.3. The first-order valence-electron chi connectivity index (χ1n) is 7.60. The monoisotopic (exact) mass is 323 g/mol. The molecule has 2 N–H and O–H groups in total. The van der Waals surface area contributed by atoms with Crippen molar-refractivity contribution in [3.8, 4) is 0 Å². The number of aliphatic hydroxyl groups is 1. The van der Waals surface area contributed by atoms with E-state index in [4.69, 9.17) is 5.11 Å². The minimum atomic E-state index is -1.17. The second kappa shape index (κ2) is 6.29. The Morgan fingerprint density at radius 3 is 2.54 bits per heavy atom. The minimum absolute atomic E-state index is 0.135. The number of carbonyl (C=O) groups is 2. The number of fused-ring (bicyclic) bond motifs is 1. The molecule has 0 saturated carbocycles. The van der Waals surface area contributed by atoms with E-state index in [9.17, 15) is 14.7 Å². The molecule has 5 nitrogen and oxygen atoms in total. The van der Waals surface area contributed by atoms with E-state index in [1.807, 2.05) is 30.3 Å². The third-order valence-electron chi connectivity index (χ3n) is 4.01. The van der Waals surface area contributed by atoms with Gasteiger partial charge in [-0.15, -0.1) is 0 Å². The summed E-state index contributed by atoms with van der Waals surface area (Å²) >= 11 is 0. The van der Waals surface area contributed by atoms with Crippen LogP contribution in [0.1, 0.15) is 29.7 Å². The Labute approximate surface area is 139 Å². The highest BCUT2D eigenvalue weighted by Gasteiger charge is 2.33. The van der Waals surface area contributed by atoms with Gasteiger partial charge in [0.1, 0.15) is 0 Å². The molecule has 1 atom stereocenters. The lowest BCUT2D eigenvalue weighted by Gasteiger charge is -2.17. The highest BCUT2D eigenvalue weighted by atomic mass is 16.4. The fraction of sp³-hybridized carbons (Fsp3) is 0.158. The molecular weight excluding hydrogens is 306 g/mol. The van der Waals surface area contributed by atoms with E-state index in [0.29, 0.717) is 23.4 Å². The van der Waals surface area contributed by atoms with Crippen molar-refractivity contribution in [3.63, 3.8) is 0 Å². The Morgan fingerprint density at radius 1 is 1.21 bits per heavy atom. The number of hydrogen-bond donors (Lipinski definition) is 2. The SMILES string of the molecule is CC(O)c1ccc2c(c1)/C(=C\C(=O)O)C(=O)N2Cc1ccccc1. The van der Waals surface area contributed by atoms with Crippen molar-refractivity contribution in [2.45, 2.75) is 19.6 Å². The Bertz CT molecular complexity index is 825. The molecule has 1 aliphatic heterocycles. The summed E-state index contributed by atoms with van der Waals surface area (Å²) in [5.74, 6) is -1.52. The number of hydrogen-bond acceptors (Lipinski definition) is 3. The van der Waals surface area contributed by atoms with Gasteiger partial charge in [0, 0.05) is 11.6 Å². The van der Waals surface area contributed by atoms with Crippen LogP contribution in [-0.4, -0.2) is 22.1 Å². The predicted molar refractivity (Wildman–Crippen MR) is 90.3 cm³/mol. The number of anilines is 1. The molecule has 1 amide bonds. The first-order chi connectivity index (χ1) is 11.5. The van der Waals surface area contributed by atoms with Crippen molar-refractivity contribution in [1.82, 2.24) is 0 Å². The van der Waals surface area contributed by atoms with Crippen LogP contribution < -0.4 is 4.90 Å². The molecule has 24 heavy (non-hydrogen) atoms. The van der Waals surface area contributed by atoms with Gasteiger partial charge in [0.05, 0.1) is 23.9 Å². The van der Waals surface area contributed by atoms with E-state index in [-0.39, 0.29) is 11.5 Å². The first kappa shape index (κ1) is 16.0. The zero-order chi connectivity index (χ0) is 17.3. The van der Waals surface area contributed by atoms with Gasteiger partial charge in [0.15, 0.2) is 0 Å². The van der Waals surface area contributed by atoms with Gasteiger partial charge in [0.2, 0.25) is 0 Å². The van der Waals surface area contributed by atoms with E-state index < -0.39 is 12.1 Å². The van der Waals surface area contributed by atoms with Crippen LogP contribution in [0.15, 0.2) is 54.6 Å². The number of carboxylic acid groups (broad SMARTS) is 1. The predicted octanol–water partition coefficient (Wildman–Crippen LogP) is 2.75. The Hall–Kier alpha value is -2.92. The maximum atomic E-state index is 12.7. The van der Waals surface area contributed by atoms with Crippen molar-refractivity contribution in [1.29, 1.82) is 0 Å². The van der Waals surface area contributed by atoms with Gasteiger partial charge in [-0.2, -0.15) is 0 Å². The summed E-state index contributed by atoms with van der Waals surface area (Å²) in [5, 5.41) is 18.8. The van der Waals surface area contributed by atoms with Gasteiger partial charge < -0.3 is 15.1 Å². The number of carbonyl (C=O) groups excluding carboxylic acids is 1. The molecule has 122 valence electrons. The molecule has 0 aromatic heterocycles. The van der Waals surface area contributed by atoms with Crippen molar-refractivity contribution < 1.29 is 19.8 Å². The molecule has 0 bridgehead atoms. The van der Waals surface area contributed by atoms with E-state index >= 15 is 0 Å². The molecule has 2 aromatic rings. The largest absolute Gasteiger partial charge is 0.478 e. The van der Waals surface area contributed by atoms with Gasteiger partial charge >= 0.3 is 5.97 Å². The van der Waals surface area contributed by atoms with Crippen molar-refractivity contribution in [2.75, 3.05) is 4.90 Å². The smallest absolute Gasteiger partial charge is 0.329 e. The maximum Gasteiger partial charge on any atom is 0.329 e. The number of benzene rings is 2. The Kier molecular flexibility index (Phi) is 4.18. The molecule has 5 heteroatoms. The number of amides is 1. The number of carboxylic acids is 1. The zero-order valence-corrected chi connectivity index (χ0v) is 13.1. The lowest BCUT2D eigenvalue weighted by molar-refractivity contribution is -0.131. The van der Waals surface area contributed by atoms with Crippen LogP contribution in [-0.2, 0) is 16.1 Å². The molecule has 0 radical (unpaired) electrons. The molecule has 1 heterocycles. The molecule has 1 unspecified atom stereocenters. The molecule has 0 fully saturated rings. The number of aliphatic hydroxyl groups excluding tert-OH is 1. The van der Waals surface area contributed by atoms with E-state index in [0.717, 1.165) is 11.6 Å². The Balaban J connectivity index is 2.07. The van der Waals surface area contributed by atoms with Crippen LogP contribution in [0, 0.1) is 0 Å². The molecule has 1 aliphatic rings. The first-order valence-corrected chi connectivity index (χ1v) is 7.60. The molecule has 0 aliphatic carbocycles. The second-order valence-corrected chi connectivity index (χ2v) is 5.73. The average molecular weight is 323 g/mol. The Morgan fingerprint density at radius 2 is 1.92 bits per heavy atom. The van der Waals surface area contributed by atoms with Crippen LogP contribution in [0.4, 0.5) is 5.69 Å². The van der Waals surface area contributed by atoms with Gasteiger partial charge in [-0.25, -0.2) is 4.79 Å². The van der Waals surface area contributed by atoms with Crippen molar-refractivity contribution >= 4 is 23.1 Å². The van der Waals surface area contributed by atoms with E-state index in [1.54, 1.807) is 30.0 Å². The maximum absolute atomic E-state index is 12.7. The van der Waals surface area contributed by atoms with E-state index in [1.165, 1.54) is 0 Å². The topological polar surface area (TPSA) is 77.8 Å². The molecular formula is C19H17NO4. The van der Waals surface area contributed by atoms with Crippen LogP contribution in [0.5, 0.6) is 0 Å². The molecule has 2 aromatic carbocycles. The average Bonchev–Trinajstić information content (AvgIpc) is 2.80. The zero-order valence-electron chi connectivity index (χ0n) is 13.1. The molecule has 0 saturated heterocycles. The summed E-state index contributed by atoms with van der Waals surface area (Å²) in [6.45, 7) is 1.98. The van der Waals surface area contributed by atoms with Gasteiger partial charge in [0.25, 0.3) is 5.91 Å². The van der Waals surface area contributed by atoms with E-state index in [2.05, 4.69) is 0 Å². The summed E-state index contributed by atoms with van der Waals surface area (Å²) in [6, 6.07) is 14.7.